The number of halogens is 4. The van der Waals surface area contributed by atoms with Crippen LogP contribution in [-0.4, -0.2) is 10.7 Å². The Hall–Kier alpha value is 0.0400. The van der Waals surface area contributed by atoms with Crippen LogP contribution in [0.4, 0.5) is 8.78 Å². The van der Waals surface area contributed by atoms with Crippen molar-refractivity contribution in [3.63, 3.8) is 0 Å². The summed E-state index contributed by atoms with van der Waals surface area (Å²) in [5, 5.41) is 1.44. The van der Waals surface area contributed by atoms with Gasteiger partial charge in [0.05, 0.1) is 0 Å². The maximum atomic E-state index is 13.7. The molecule has 0 atom stereocenters. The van der Waals surface area contributed by atoms with Gasteiger partial charge in [0.2, 0.25) is 0 Å². The maximum Gasteiger partial charge on any atom is 0.129 e. The van der Waals surface area contributed by atoms with E-state index in [1.807, 2.05) is 0 Å². The highest BCUT2D eigenvalue weighted by molar-refractivity contribution is 9.09. The quantitative estimate of drug-likeness (QED) is 0.582. The third kappa shape index (κ3) is 4.02. The molecule has 1 aromatic carbocycles. The minimum atomic E-state index is -0.454. The van der Waals surface area contributed by atoms with Crippen molar-refractivity contribution in [2.45, 2.75) is 26.7 Å². The van der Waals surface area contributed by atoms with Gasteiger partial charge in [0.15, 0.2) is 0 Å². The van der Waals surface area contributed by atoms with Crippen molar-refractivity contribution in [3.8, 4) is 0 Å². The molecule has 0 nitrogen and oxygen atoms in total. The number of rotatable bonds is 6. The first-order chi connectivity index (χ1) is 8.44. The Morgan fingerprint density at radius 2 is 1.61 bits per heavy atom. The molecule has 0 aliphatic carbocycles. The standard InChI is InChI=1S/C14H18Br2F2/c1-10(2)6-14(8-15,9-16)7-11-12(17)4-3-5-13(11)18/h3-5,10H,6-9H2,1-2H3. The van der Waals surface area contributed by atoms with Crippen LogP contribution in [0.3, 0.4) is 0 Å². The van der Waals surface area contributed by atoms with Crippen LogP contribution in [0.25, 0.3) is 0 Å². The average molecular weight is 384 g/mol. The lowest BCUT2D eigenvalue weighted by Gasteiger charge is -2.32. The molecule has 0 saturated carbocycles. The van der Waals surface area contributed by atoms with Crippen molar-refractivity contribution in [2.24, 2.45) is 11.3 Å². The predicted molar refractivity (Wildman–Crippen MR) is 79.5 cm³/mol. The van der Waals surface area contributed by atoms with Gasteiger partial charge < -0.3 is 0 Å². The van der Waals surface area contributed by atoms with Crippen LogP contribution in [0.2, 0.25) is 0 Å². The first-order valence-corrected chi connectivity index (χ1v) is 8.23. The highest BCUT2D eigenvalue weighted by Crippen LogP contribution is 2.36. The van der Waals surface area contributed by atoms with Gasteiger partial charge in [-0.2, -0.15) is 0 Å². The molecule has 0 N–H and O–H groups in total. The van der Waals surface area contributed by atoms with E-state index in [1.54, 1.807) is 0 Å². The number of hydrogen-bond acceptors (Lipinski definition) is 0. The Kier molecular flexibility index (Phi) is 6.25. The smallest absolute Gasteiger partial charge is 0.129 e. The summed E-state index contributed by atoms with van der Waals surface area (Å²) in [4.78, 5) is 0. The summed E-state index contributed by atoms with van der Waals surface area (Å²) in [5.41, 5.74) is 0.0362. The monoisotopic (exact) mass is 382 g/mol. The number of alkyl halides is 2. The van der Waals surface area contributed by atoms with E-state index in [0.29, 0.717) is 12.3 Å². The summed E-state index contributed by atoms with van der Waals surface area (Å²) >= 11 is 6.99. The van der Waals surface area contributed by atoms with Gasteiger partial charge in [-0.25, -0.2) is 8.78 Å². The summed E-state index contributed by atoms with van der Waals surface area (Å²) in [7, 11) is 0. The van der Waals surface area contributed by atoms with Crippen LogP contribution in [0.5, 0.6) is 0 Å². The molecular weight excluding hydrogens is 366 g/mol. The predicted octanol–water partition coefficient (Wildman–Crippen LogP) is 5.33. The molecule has 0 aliphatic heterocycles. The van der Waals surface area contributed by atoms with Gasteiger partial charge in [0, 0.05) is 16.2 Å². The molecule has 4 heteroatoms. The van der Waals surface area contributed by atoms with Gasteiger partial charge in [-0.1, -0.05) is 51.8 Å². The van der Waals surface area contributed by atoms with Gasteiger partial charge in [-0.3, -0.25) is 0 Å². The second kappa shape index (κ2) is 6.99. The van der Waals surface area contributed by atoms with Crippen molar-refractivity contribution in [2.75, 3.05) is 10.7 Å². The molecule has 0 bridgehead atoms. The zero-order valence-electron chi connectivity index (χ0n) is 10.6. The summed E-state index contributed by atoms with van der Waals surface area (Å²) in [6.07, 6.45) is 1.32. The van der Waals surface area contributed by atoms with Crippen LogP contribution in [-0.2, 0) is 6.42 Å². The molecule has 102 valence electrons. The van der Waals surface area contributed by atoms with Crippen molar-refractivity contribution in [1.29, 1.82) is 0 Å². The Balaban J connectivity index is 3.03. The van der Waals surface area contributed by atoms with Crippen LogP contribution in [0.15, 0.2) is 18.2 Å². The molecule has 18 heavy (non-hydrogen) atoms. The van der Waals surface area contributed by atoms with E-state index in [9.17, 15) is 8.78 Å². The number of benzene rings is 1. The van der Waals surface area contributed by atoms with E-state index in [-0.39, 0.29) is 11.0 Å². The first kappa shape index (κ1) is 16.1. The molecular formula is C14H18Br2F2. The minimum Gasteiger partial charge on any atom is -0.207 e. The van der Waals surface area contributed by atoms with E-state index >= 15 is 0 Å². The Labute approximate surface area is 124 Å². The summed E-state index contributed by atoms with van der Waals surface area (Å²) in [6.45, 7) is 4.25. The lowest BCUT2D eigenvalue weighted by atomic mass is 9.78. The van der Waals surface area contributed by atoms with Crippen molar-refractivity contribution in [3.05, 3.63) is 35.4 Å². The summed E-state index contributed by atoms with van der Waals surface area (Å²) < 4.78 is 27.4. The van der Waals surface area contributed by atoms with Gasteiger partial charge in [0.1, 0.15) is 11.6 Å². The molecule has 1 aromatic rings. The Morgan fingerprint density at radius 1 is 1.11 bits per heavy atom. The molecule has 0 heterocycles. The molecule has 0 radical (unpaired) electrons. The molecule has 0 aromatic heterocycles. The van der Waals surface area contributed by atoms with E-state index in [2.05, 4.69) is 45.7 Å². The fourth-order valence-corrected chi connectivity index (χ4v) is 4.04. The molecule has 1 rings (SSSR count). The first-order valence-electron chi connectivity index (χ1n) is 5.99. The summed E-state index contributed by atoms with van der Waals surface area (Å²) in [5.74, 6) is -0.426. The maximum absolute atomic E-state index is 13.7. The van der Waals surface area contributed by atoms with Gasteiger partial charge in [-0.05, 0) is 36.3 Å². The van der Waals surface area contributed by atoms with E-state index in [1.165, 1.54) is 18.2 Å². The van der Waals surface area contributed by atoms with E-state index in [4.69, 9.17) is 0 Å². The SMILES string of the molecule is CC(C)CC(CBr)(CBr)Cc1c(F)cccc1F. The van der Waals surface area contributed by atoms with E-state index in [0.717, 1.165) is 17.1 Å². The van der Waals surface area contributed by atoms with Crippen molar-refractivity contribution >= 4 is 31.9 Å². The second-order valence-corrected chi connectivity index (χ2v) is 6.36. The number of hydrogen-bond donors (Lipinski definition) is 0. The largest absolute Gasteiger partial charge is 0.207 e. The topological polar surface area (TPSA) is 0 Å². The molecule has 0 saturated heterocycles. The van der Waals surface area contributed by atoms with E-state index < -0.39 is 11.6 Å². The normalized spacial score (nSPS) is 12.2. The van der Waals surface area contributed by atoms with Crippen LogP contribution in [0, 0.1) is 23.0 Å². The highest BCUT2D eigenvalue weighted by atomic mass is 79.9. The zero-order chi connectivity index (χ0) is 13.8. The van der Waals surface area contributed by atoms with Crippen LogP contribution < -0.4 is 0 Å². The third-order valence-corrected chi connectivity index (χ3v) is 5.40. The molecule has 0 unspecified atom stereocenters. The Bertz CT molecular complexity index is 367. The van der Waals surface area contributed by atoms with Crippen LogP contribution >= 0.6 is 31.9 Å². The van der Waals surface area contributed by atoms with Crippen LogP contribution in [0.1, 0.15) is 25.8 Å². The zero-order valence-corrected chi connectivity index (χ0v) is 13.8. The molecule has 0 aliphatic rings. The van der Waals surface area contributed by atoms with Gasteiger partial charge >= 0.3 is 0 Å². The molecule has 0 spiro atoms. The summed E-state index contributed by atoms with van der Waals surface area (Å²) in [6, 6.07) is 4.04. The van der Waals surface area contributed by atoms with Crippen molar-refractivity contribution in [1.82, 2.24) is 0 Å². The highest BCUT2D eigenvalue weighted by Gasteiger charge is 2.31. The van der Waals surface area contributed by atoms with Gasteiger partial charge in [0.25, 0.3) is 0 Å². The Morgan fingerprint density at radius 3 is 2.00 bits per heavy atom. The fraction of sp³-hybridized carbons (Fsp3) is 0.571. The minimum absolute atomic E-state index is 0.156. The lowest BCUT2D eigenvalue weighted by molar-refractivity contribution is 0.296. The second-order valence-electron chi connectivity index (χ2n) is 5.24. The lowest BCUT2D eigenvalue weighted by Crippen LogP contribution is -2.30. The average Bonchev–Trinajstić information content (AvgIpc) is 2.32. The molecule has 0 fully saturated rings. The molecule has 0 amide bonds. The van der Waals surface area contributed by atoms with Crippen molar-refractivity contribution < 1.29 is 8.78 Å². The van der Waals surface area contributed by atoms with Gasteiger partial charge in [-0.15, -0.1) is 0 Å². The fourth-order valence-electron chi connectivity index (χ4n) is 2.25. The third-order valence-electron chi connectivity index (χ3n) is 3.02.